The van der Waals surface area contributed by atoms with Crippen molar-refractivity contribution in [1.29, 1.82) is 0 Å². The fourth-order valence-corrected chi connectivity index (χ4v) is 1.73. The Hall–Kier alpha value is -0.120. The summed E-state index contributed by atoms with van der Waals surface area (Å²) in [4.78, 5) is 4.76. The van der Waals surface area contributed by atoms with E-state index in [1.54, 1.807) is 0 Å². The molecule has 1 aliphatic heterocycles. The van der Waals surface area contributed by atoms with Crippen molar-refractivity contribution < 1.29 is 0 Å². The molecule has 2 unspecified atom stereocenters. The molecule has 0 aliphatic carbocycles. The highest BCUT2D eigenvalue weighted by molar-refractivity contribution is 4.80. The van der Waals surface area contributed by atoms with E-state index >= 15 is 0 Å². The van der Waals surface area contributed by atoms with Crippen molar-refractivity contribution in [3.05, 3.63) is 0 Å². The number of hydrogen-bond donors (Lipinski definition) is 1. The van der Waals surface area contributed by atoms with Gasteiger partial charge in [0.05, 0.1) is 0 Å². The van der Waals surface area contributed by atoms with E-state index in [2.05, 4.69) is 43.2 Å². The van der Waals surface area contributed by atoms with Crippen molar-refractivity contribution in [2.75, 3.05) is 40.8 Å². The molecule has 3 nitrogen and oxygen atoms in total. The van der Waals surface area contributed by atoms with Crippen LogP contribution in [0.1, 0.15) is 13.3 Å². The van der Waals surface area contributed by atoms with Crippen LogP contribution in [-0.4, -0.2) is 62.7 Å². The number of hydrogen-bond acceptors (Lipinski definition) is 3. The van der Waals surface area contributed by atoms with Crippen LogP contribution >= 0.6 is 0 Å². The molecule has 1 saturated heterocycles. The molecule has 1 aliphatic rings. The smallest absolute Gasteiger partial charge is 0.0232 e. The van der Waals surface area contributed by atoms with Gasteiger partial charge in [0.1, 0.15) is 0 Å². The Bertz CT molecular complexity index is 147. The van der Waals surface area contributed by atoms with Gasteiger partial charge in [0.2, 0.25) is 0 Å². The monoisotopic (exact) mass is 185 g/mol. The maximum atomic E-state index is 3.45. The van der Waals surface area contributed by atoms with Crippen LogP contribution in [0.5, 0.6) is 0 Å². The molecule has 78 valence electrons. The van der Waals surface area contributed by atoms with Crippen molar-refractivity contribution in [2.45, 2.75) is 25.4 Å². The number of nitrogens with zero attached hydrogens (tertiary/aromatic N) is 2. The molecular formula is C10H23N3. The van der Waals surface area contributed by atoms with Gasteiger partial charge in [-0.25, -0.2) is 0 Å². The Labute approximate surface area is 82.1 Å². The molecule has 13 heavy (non-hydrogen) atoms. The van der Waals surface area contributed by atoms with Gasteiger partial charge in [-0.15, -0.1) is 0 Å². The zero-order valence-corrected chi connectivity index (χ0v) is 9.38. The van der Waals surface area contributed by atoms with Crippen LogP contribution in [0.4, 0.5) is 0 Å². The van der Waals surface area contributed by atoms with E-state index < -0.39 is 0 Å². The third kappa shape index (κ3) is 3.25. The molecule has 0 aromatic heterocycles. The van der Waals surface area contributed by atoms with E-state index in [1.165, 1.54) is 13.0 Å². The van der Waals surface area contributed by atoms with Crippen LogP contribution in [0, 0.1) is 0 Å². The van der Waals surface area contributed by atoms with Crippen LogP contribution in [0.3, 0.4) is 0 Å². The van der Waals surface area contributed by atoms with E-state index in [9.17, 15) is 0 Å². The van der Waals surface area contributed by atoms with Crippen molar-refractivity contribution in [1.82, 2.24) is 15.1 Å². The first-order valence-electron chi connectivity index (χ1n) is 5.18. The second kappa shape index (κ2) is 4.94. The van der Waals surface area contributed by atoms with Crippen molar-refractivity contribution in [3.63, 3.8) is 0 Å². The van der Waals surface area contributed by atoms with Crippen LogP contribution < -0.4 is 5.32 Å². The third-order valence-corrected chi connectivity index (χ3v) is 3.14. The molecule has 2 atom stereocenters. The highest BCUT2D eigenvalue weighted by atomic mass is 15.2. The van der Waals surface area contributed by atoms with Gasteiger partial charge in [-0.2, -0.15) is 0 Å². The predicted octanol–water partition coefficient (Wildman–Crippen LogP) is 0.230. The molecule has 1 N–H and O–H groups in total. The zero-order valence-electron chi connectivity index (χ0n) is 9.38. The summed E-state index contributed by atoms with van der Waals surface area (Å²) in [6.07, 6.45) is 1.26. The van der Waals surface area contributed by atoms with E-state index in [-0.39, 0.29) is 0 Å². The molecule has 1 rings (SSSR count). The van der Waals surface area contributed by atoms with Crippen molar-refractivity contribution in [3.8, 4) is 0 Å². The largest absolute Gasteiger partial charge is 0.314 e. The molecule has 0 saturated carbocycles. The number of nitrogens with one attached hydrogen (secondary N) is 1. The lowest BCUT2D eigenvalue weighted by molar-refractivity contribution is 0.155. The SMILES string of the molecule is CC(CC1CNCCN1C)N(C)C. The van der Waals surface area contributed by atoms with Crippen LogP contribution in [0.15, 0.2) is 0 Å². The number of likely N-dealkylation sites (N-methyl/N-ethyl adjacent to an activating group) is 1. The van der Waals surface area contributed by atoms with Gasteiger partial charge in [0.25, 0.3) is 0 Å². The zero-order chi connectivity index (χ0) is 9.84. The van der Waals surface area contributed by atoms with E-state index in [0.717, 1.165) is 13.1 Å². The molecule has 3 heteroatoms. The Morgan fingerprint density at radius 2 is 2.23 bits per heavy atom. The minimum atomic E-state index is 0.673. The summed E-state index contributed by atoms with van der Waals surface area (Å²) in [5.74, 6) is 0. The molecule has 1 heterocycles. The van der Waals surface area contributed by atoms with Gasteiger partial charge >= 0.3 is 0 Å². The Morgan fingerprint density at radius 1 is 1.54 bits per heavy atom. The minimum Gasteiger partial charge on any atom is -0.314 e. The van der Waals surface area contributed by atoms with Crippen molar-refractivity contribution in [2.24, 2.45) is 0 Å². The van der Waals surface area contributed by atoms with Gasteiger partial charge in [0.15, 0.2) is 0 Å². The molecular weight excluding hydrogens is 162 g/mol. The van der Waals surface area contributed by atoms with Crippen LogP contribution in [-0.2, 0) is 0 Å². The first kappa shape index (κ1) is 11.0. The average molecular weight is 185 g/mol. The average Bonchev–Trinajstić information content (AvgIpc) is 2.08. The molecule has 0 aromatic carbocycles. The van der Waals surface area contributed by atoms with Gasteiger partial charge in [0, 0.05) is 31.7 Å². The second-order valence-corrected chi connectivity index (χ2v) is 4.39. The predicted molar refractivity (Wildman–Crippen MR) is 57.1 cm³/mol. The minimum absolute atomic E-state index is 0.673. The molecule has 0 bridgehead atoms. The molecule has 1 fully saturated rings. The fourth-order valence-electron chi connectivity index (χ4n) is 1.73. The van der Waals surface area contributed by atoms with Gasteiger partial charge < -0.3 is 15.1 Å². The van der Waals surface area contributed by atoms with Crippen LogP contribution in [0.25, 0.3) is 0 Å². The highest BCUT2D eigenvalue weighted by Crippen LogP contribution is 2.09. The Morgan fingerprint density at radius 3 is 2.77 bits per heavy atom. The fraction of sp³-hybridized carbons (Fsp3) is 1.00. The molecule has 0 amide bonds. The van der Waals surface area contributed by atoms with Gasteiger partial charge in [-0.1, -0.05) is 0 Å². The van der Waals surface area contributed by atoms with E-state index in [0.29, 0.717) is 12.1 Å². The summed E-state index contributed by atoms with van der Waals surface area (Å²) >= 11 is 0. The summed E-state index contributed by atoms with van der Waals surface area (Å²) in [5.41, 5.74) is 0. The summed E-state index contributed by atoms with van der Waals surface area (Å²) in [5, 5.41) is 3.45. The van der Waals surface area contributed by atoms with E-state index in [4.69, 9.17) is 0 Å². The molecule has 0 spiro atoms. The maximum absolute atomic E-state index is 3.45. The lowest BCUT2D eigenvalue weighted by atomic mass is 10.1. The summed E-state index contributed by atoms with van der Waals surface area (Å²) in [6, 6.07) is 1.39. The lowest BCUT2D eigenvalue weighted by Crippen LogP contribution is -2.51. The van der Waals surface area contributed by atoms with Crippen molar-refractivity contribution >= 4 is 0 Å². The quantitative estimate of drug-likeness (QED) is 0.679. The number of rotatable bonds is 3. The first-order chi connectivity index (χ1) is 6.11. The topological polar surface area (TPSA) is 18.5 Å². The molecule has 0 radical (unpaired) electrons. The highest BCUT2D eigenvalue weighted by Gasteiger charge is 2.21. The summed E-state index contributed by atoms with van der Waals surface area (Å²) < 4.78 is 0. The maximum Gasteiger partial charge on any atom is 0.0232 e. The van der Waals surface area contributed by atoms with Gasteiger partial charge in [-0.3, -0.25) is 0 Å². The second-order valence-electron chi connectivity index (χ2n) is 4.39. The standard InChI is InChI=1S/C10H23N3/c1-9(12(2)3)7-10-8-11-5-6-13(10)4/h9-11H,5-8H2,1-4H3. The number of piperazine rings is 1. The normalized spacial score (nSPS) is 27.9. The van der Waals surface area contributed by atoms with E-state index in [1.807, 2.05) is 0 Å². The third-order valence-electron chi connectivity index (χ3n) is 3.14. The Balaban J connectivity index is 2.33. The Kier molecular flexibility index (Phi) is 4.16. The van der Waals surface area contributed by atoms with Gasteiger partial charge in [-0.05, 0) is 34.5 Å². The van der Waals surface area contributed by atoms with Crippen LogP contribution in [0.2, 0.25) is 0 Å². The molecule has 0 aromatic rings. The summed E-state index contributed by atoms with van der Waals surface area (Å²) in [7, 11) is 6.54. The lowest BCUT2D eigenvalue weighted by Gasteiger charge is -2.36. The summed E-state index contributed by atoms with van der Waals surface area (Å²) in [6.45, 7) is 5.77. The first-order valence-corrected chi connectivity index (χ1v) is 5.18.